The third-order valence-corrected chi connectivity index (χ3v) is 3.39. The summed E-state index contributed by atoms with van der Waals surface area (Å²) in [5.41, 5.74) is 0.534. The predicted octanol–water partition coefficient (Wildman–Crippen LogP) is 4.08. The summed E-state index contributed by atoms with van der Waals surface area (Å²) in [6, 6.07) is 10.6. The van der Waals surface area contributed by atoms with Crippen LogP contribution in [0, 0.1) is 15.9 Å². The Labute approximate surface area is 117 Å². The molecule has 2 rings (SSSR count). The van der Waals surface area contributed by atoms with E-state index in [1.54, 1.807) is 24.3 Å². The molecule has 2 aromatic rings. The van der Waals surface area contributed by atoms with Crippen LogP contribution in [0.4, 0.5) is 10.1 Å². The standard InChI is InChI=1S/C13H9BrFNO3/c14-13-9(4-3-6-11(13)16(17)18)8-19-12-7-2-1-5-10(12)15/h1-7H,8H2. The van der Waals surface area contributed by atoms with Crippen LogP contribution < -0.4 is 4.74 Å². The normalized spacial score (nSPS) is 10.2. The maximum Gasteiger partial charge on any atom is 0.283 e. The molecule has 0 amide bonds. The van der Waals surface area contributed by atoms with Gasteiger partial charge in [0.05, 0.1) is 4.92 Å². The van der Waals surface area contributed by atoms with E-state index in [9.17, 15) is 14.5 Å². The molecule has 0 spiro atoms. The smallest absolute Gasteiger partial charge is 0.283 e. The highest BCUT2D eigenvalue weighted by Crippen LogP contribution is 2.29. The van der Waals surface area contributed by atoms with Gasteiger partial charge in [-0.3, -0.25) is 10.1 Å². The van der Waals surface area contributed by atoms with Gasteiger partial charge in [-0.05, 0) is 28.1 Å². The van der Waals surface area contributed by atoms with Crippen LogP contribution in [-0.4, -0.2) is 4.92 Å². The van der Waals surface area contributed by atoms with Crippen molar-refractivity contribution >= 4 is 21.6 Å². The van der Waals surface area contributed by atoms with Gasteiger partial charge < -0.3 is 4.74 Å². The summed E-state index contributed by atoms with van der Waals surface area (Å²) in [4.78, 5) is 10.3. The van der Waals surface area contributed by atoms with Crippen molar-refractivity contribution in [3.8, 4) is 5.75 Å². The third-order valence-electron chi connectivity index (χ3n) is 2.47. The summed E-state index contributed by atoms with van der Waals surface area (Å²) in [6.07, 6.45) is 0. The van der Waals surface area contributed by atoms with Crippen LogP contribution in [0.5, 0.6) is 5.75 Å². The van der Waals surface area contributed by atoms with Gasteiger partial charge in [0.15, 0.2) is 11.6 Å². The number of nitrogens with zero attached hydrogens (tertiary/aromatic N) is 1. The Morgan fingerprint density at radius 3 is 2.63 bits per heavy atom. The van der Waals surface area contributed by atoms with E-state index in [0.29, 0.717) is 10.0 Å². The van der Waals surface area contributed by atoms with Gasteiger partial charge in [-0.2, -0.15) is 0 Å². The first-order valence-corrected chi connectivity index (χ1v) is 6.18. The van der Waals surface area contributed by atoms with E-state index in [2.05, 4.69) is 15.9 Å². The van der Waals surface area contributed by atoms with Crippen molar-refractivity contribution in [1.29, 1.82) is 0 Å². The molecule has 0 radical (unpaired) electrons. The maximum atomic E-state index is 13.4. The first-order valence-electron chi connectivity index (χ1n) is 5.38. The van der Waals surface area contributed by atoms with E-state index in [4.69, 9.17) is 4.74 Å². The number of nitro groups is 1. The van der Waals surface area contributed by atoms with E-state index in [1.165, 1.54) is 18.2 Å². The number of rotatable bonds is 4. The van der Waals surface area contributed by atoms with Gasteiger partial charge >= 0.3 is 0 Å². The Balaban J connectivity index is 2.19. The van der Waals surface area contributed by atoms with Gasteiger partial charge in [-0.1, -0.05) is 24.3 Å². The monoisotopic (exact) mass is 325 g/mol. The minimum absolute atomic E-state index is 0.0448. The molecule has 0 aliphatic carbocycles. The number of halogens is 2. The van der Waals surface area contributed by atoms with Crippen LogP contribution in [0.1, 0.15) is 5.56 Å². The summed E-state index contributed by atoms with van der Waals surface area (Å²) in [5, 5.41) is 10.8. The quantitative estimate of drug-likeness (QED) is 0.628. The lowest BCUT2D eigenvalue weighted by molar-refractivity contribution is -0.385. The van der Waals surface area contributed by atoms with Crippen molar-refractivity contribution in [2.75, 3.05) is 0 Å². The Morgan fingerprint density at radius 2 is 1.95 bits per heavy atom. The molecule has 0 bridgehead atoms. The first-order chi connectivity index (χ1) is 9.09. The van der Waals surface area contributed by atoms with Gasteiger partial charge in [0.25, 0.3) is 5.69 Å². The van der Waals surface area contributed by atoms with Crippen molar-refractivity contribution in [2.45, 2.75) is 6.61 Å². The molecule has 0 aliphatic rings. The number of hydrogen-bond donors (Lipinski definition) is 0. The minimum atomic E-state index is -0.489. The lowest BCUT2D eigenvalue weighted by atomic mass is 10.2. The Bertz CT molecular complexity index is 619. The lowest BCUT2D eigenvalue weighted by Gasteiger charge is -2.08. The number of hydrogen-bond acceptors (Lipinski definition) is 3. The van der Waals surface area contributed by atoms with E-state index in [-0.39, 0.29) is 18.0 Å². The summed E-state index contributed by atoms with van der Waals surface area (Å²) in [7, 11) is 0. The summed E-state index contributed by atoms with van der Waals surface area (Å²) < 4.78 is 19.0. The van der Waals surface area contributed by atoms with Crippen molar-refractivity contribution < 1.29 is 14.1 Å². The van der Waals surface area contributed by atoms with Crippen LogP contribution >= 0.6 is 15.9 Å². The zero-order valence-corrected chi connectivity index (χ0v) is 11.3. The second kappa shape index (κ2) is 5.79. The molecule has 0 fully saturated rings. The second-order valence-corrected chi connectivity index (χ2v) is 4.52. The number of ether oxygens (including phenoxy) is 1. The van der Waals surface area contributed by atoms with Gasteiger partial charge in [0.2, 0.25) is 0 Å². The Kier molecular flexibility index (Phi) is 4.11. The molecule has 0 saturated carbocycles. The van der Waals surface area contributed by atoms with E-state index in [0.717, 1.165) is 0 Å². The Morgan fingerprint density at radius 1 is 1.21 bits per heavy atom. The molecule has 0 heterocycles. The molecule has 6 heteroatoms. The molecule has 19 heavy (non-hydrogen) atoms. The molecule has 0 unspecified atom stereocenters. The SMILES string of the molecule is O=[N+]([O-])c1cccc(COc2ccccc2F)c1Br. The zero-order chi connectivity index (χ0) is 13.8. The minimum Gasteiger partial charge on any atom is -0.486 e. The lowest BCUT2D eigenvalue weighted by Crippen LogP contribution is -2.00. The van der Waals surface area contributed by atoms with Crippen molar-refractivity contribution in [1.82, 2.24) is 0 Å². The van der Waals surface area contributed by atoms with E-state index in [1.807, 2.05) is 0 Å². The zero-order valence-electron chi connectivity index (χ0n) is 9.68. The van der Waals surface area contributed by atoms with Crippen molar-refractivity contribution in [3.05, 3.63) is 68.4 Å². The fourth-order valence-electron chi connectivity index (χ4n) is 1.54. The summed E-state index contributed by atoms with van der Waals surface area (Å²) in [6.45, 7) is 0.0448. The summed E-state index contributed by atoms with van der Waals surface area (Å²) >= 11 is 3.16. The highest BCUT2D eigenvalue weighted by atomic mass is 79.9. The van der Waals surface area contributed by atoms with Crippen LogP contribution in [0.25, 0.3) is 0 Å². The first kappa shape index (κ1) is 13.5. The fraction of sp³-hybridized carbons (Fsp3) is 0.0769. The van der Waals surface area contributed by atoms with Crippen molar-refractivity contribution in [3.63, 3.8) is 0 Å². The van der Waals surface area contributed by atoms with Gasteiger partial charge in [0.1, 0.15) is 11.1 Å². The van der Waals surface area contributed by atoms with Crippen LogP contribution in [0.3, 0.4) is 0 Å². The molecular formula is C13H9BrFNO3. The number of para-hydroxylation sites is 1. The largest absolute Gasteiger partial charge is 0.486 e. The summed E-state index contributed by atoms with van der Waals surface area (Å²) in [5.74, 6) is -0.357. The fourth-order valence-corrected chi connectivity index (χ4v) is 2.06. The third kappa shape index (κ3) is 3.08. The second-order valence-electron chi connectivity index (χ2n) is 3.73. The maximum absolute atomic E-state index is 13.4. The van der Waals surface area contributed by atoms with Gasteiger partial charge in [0, 0.05) is 11.6 Å². The molecule has 0 atom stereocenters. The van der Waals surface area contributed by atoms with Crippen LogP contribution in [0.2, 0.25) is 0 Å². The molecule has 0 saturated heterocycles. The number of nitro benzene ring substituents is 1. The molecule has 2 aromatic carbocycles. The van der Waals surface area contributed by atoms with Crippen molar-refractivity contribution in [2.24, 2.45) is 0 Å². The molecule has 0 N–H and O–H groups in total. The molecular weight excluding hydrogens is 317 g/mol. The van der Waals surface area contributed by atoms with E-state index < -0.39 is 10.7 Å². The number of benzene rings is 2. The Hall–Kier alpha value is -1.95. The van der Waals surface area contributed by atoms with Crippen LogP contribution in [-0.2, 0) is 6.61 Å². The molecule has 98 valence electrons. The highest BCUT2D eigenvalue weighted by molar-refractivity contribution is 9.10. The molecule has 0 aliphatic heterocycles. The van der Waals surface area contributed by atoms with Crippen LogP contribution in [0.15, 0.2) is 46.9 Å². The average Bonchev–Trinajstić information content (AvgIpc) is 2.39. The topological polar surface area (TPSA) is 52.4 Å². The highest BCUT2D eigenvalue weighted by Gasteiger charge is 2.15. The predicted molar refractivity (Wildman–Crippen MR) is 71.5 cm³/mol. The van der Waals surface area contributed by atoms with Gasteiger partial charge in [-0.25, -0.2) is 4.39 Å². The van der Waals surface area contributed by atoms with E-state index >= 15 is 0 Å². The molecule has 4 nitrogen and oxygen atoms in total. The van der Waals surface area contributed by atoms with Gasteiger partial charge in [-0.15, -0.1) is 0 Å². The average molecular weight is 326 g/mol. The molecule has 0 aromatic heterocycles.